The normalized spacial score (nSPS) is 10.2. The lowest BCUT2D eigenvalue weighted by atomic mass is 10.2. The number of anilines is 4. The van der Waals surface area contributed by atoms with E-state index in [-0.39, 0.29) is 22.9 Å². The molecule has 8 N–H and O–H groups in total. The number of carboxylic acid groups (broad SMARTS) is 1. The van der Waals surface area contributed by atoms with Gasteiger partial charge < -0.3 is 37.1 Å². The van der Waals surface area contributed by atoms with Crippen LogP contribution in [0, 0.1) is 0 Å². The van der Waals surface area contributed by atoms with Crippen molar-refractivity contribution in [2.24, 2.45) is 0 Å². The third-order valence-electron chi connectivity index (χ3n) is 5.09. The maximum absolute atomic E-state index is 12.6. The molecule has 240 valence electrons. The number of ether oxygens (including phenoxy) is 2. The number of aromatic carboxylic acids is 1. The van der Waals surface area contributed by atoms with Crippen LogP contribution in [0.2, 0.25) is 0 Å². The molecule has 0 aromatic carbocycles. The topological polar surface area (TPSA) is 214 Å². The van der Waals surface area contributed by atoms with E-state index in [2.05, 4.69) is 25.3 Å². The number of rotatable bonds is 9. The highest BCUT2D eigenvalue weighted by atomic mass is 19.3. The van der Waals surface area contributed by atoms with Gasteiger partial charge in [-0.05, 0) is 38.1 Å². The van der Waals surface area contributed by atoms with Gasteiger partial charge in [0.15, 0.2) is 0 Å². The van der Waals surface area contributed by atoms with E-state index in [0.717, 1.165) is 18.2 Å². The molecule has 4 rings (SSSR count). The van der Waals surface area contributed by atoms with Gasteiger partial charge in [-0.1, -0.05) is 12.1 Å². The van der Waals surface area contributed by atoms with Crippen molar-refractivity contribution in [1.29, 1.82) is 0 Å². The summed E-state index contributed by atoms with van der Waals surface area (Å²) < 4.78 is 59.6. The Bertz CT molecular complexity index is 1580. The third-order valence-corrected chi connectivity index (χ3v) is 5.09. The molecule has 0 bridgehead atoms. The first-order valence-electron chi connectivity index (χ1n) is 12.9. The molecule has 0 aliphatic carbocycles. The number of halogens is 4. The molecule has 0 saturated carbocycles. The molecular formula is C28H30F4N8O5. The van der Waals surface area contributed by atoms with E-state index in [1.807, 2.05) is 6.92 Å². The van der Waals surface area contributed by atoms with E-state index in [1.54, 1.807) is 13.0 Å². The fourth-order valence-corrected chi connectivity index (χ4v) is 3.14. The van der Waals surface area contributed by atoms with Crippen molar-refractivity contribution in [3.05, 3.63) is 83.7 Å². The van der Waals surface area contributed by atoms with Crippen molar-refractivity contribution in [2.75, 3.05) is 35.7 Å². The Labute approximate surface area is 254 Å². The van der Waals surface area contributed by atoms with Crippen molar-refractivity contribution >= 4 is 34.9 Å². The Morgan fingerprint density at radius 1 is 0.800 bits per heavy atom. The summed E-state index contributed by atoms with van der Waals surface area (Å²) in [5.41, 5.74) is 15.8. The highest BCUT2D eigenvalue weighted by molar-refractivity contribution is 6.03. The van der Waals surface area contributed by atoms with Crippen LogP contribution >= 0.6 is 0 Å². The van der Waals surface area contributed by atoms with Gasteiger partial charge in [0, 0.05) is 12.1 Å². The number of amides is 1. The predicted octanol–water partition coefficient (Wildman–Crippen LogP) is 5.01. The number of nitrogens with two attached hydrogens (primary N) is 3. The molecule has 0 unspecified atom stereocenters. The van der Waals surface area contributed by atoms with Crippen LogP contribution in [0.15, 0.2) is 60.9 Å². The van der Waals surface area contributed by atoms with Crippen LogP contribution in [-0.2, 0) is 0 Å². The summed E-state index contributed by atoms with van der Waals surface area (Å²) in [6, 6.07) is 10.4. The second kappa shape index (κ2) is 17.4. The first-order chi connectivity index (χ1) is 21.4. The molecule has 0 spiro atoms. The van der Waals surface area contributed by atoms with Crippen molar-refractivity contribution in [3.63, 3.8) is 0 Å². The van der Waals surface area contributed by atoms with Gasteiger partial charge in [-0.3, -0.25) is 4.79 Å². The number of carboxylic acids is 1. The quantitative estimate of drug-likeness (QED) is 0.154. The molecule has 4 heterocycles. The summed E-state index contributed by atoms with van der Waals surface area (Å²) in [6.45, 7) is 4.60. The van der Waals surface area contributed by atoms with Gasteiger partial charge in [-0.2, -0.15) is 0 Å². The number of aromatic nitrogens is 4. The minimum Gasteiger partial charge on any atom is -0.492 e. The maximum Gasteiger partial charge on any atom is 0.354 e. The van der Waals surface area contributed by atoms with Gasteiger partial charge in [0.05, 0.1) is 31.3 Å². The third kappa shape index (κ3) is 11.5. The number of nitrogens with one attached hydrogen (secondary N) is 1. The average Bonchev–Trinajstić information content (AvgIpc) is 3.01. The Balaban J connectivity index is 0.000000259. The van der Waals surface area contributed by atoms with Gasteiger partial charge in [-0.15, -0.1) is 0 Å². The number of alkyl halides is 4. The Morgan fingerprint density at radius 3 is 1.82 bits per heavy atom. The van der Waals surface area contributed by atoms with Gasteiger partial charge >= 0.3 is 5.97 Å². The average molecular weight is 635 g/mol. The maximum atomic E-state index is 12.6. The molecule has 4 aromatic heterocycles. The van der Waals surface area contributed by atoms with E-state index in [9.17, 15) is 27.2 Å². The van der Waals surface area contributed by atoms with E-state index < -0.39 is 36.1 Å². The molecule has 45 heavy (non-hydrogen) atoms. The summed E-state index contributed by atoms with van der Waals surface area (Å²) in [5, 5.41) is 10.9. The predicted molar refractivity (Wildman–Crippen MR) is 157 cm³/mol. The Hall–Kier alpha value is -5.74. The van der Waals surface area contributed by atoms with Crippen molar-refractivity contribution in [2.45, 2.75) is 26.7 Å². The SMILES string of the molecule is CCOc1cc(N)ncc1N.CCOc1cc(N)ncc1NC(=O)c1cccc(C(F)F)n1.O=C(O)c1cccc(C(F)F)n1. The number of carbonyl (C=O) groups excluding carboxylic acids is 1. The summed E-state index contributed by atoms with van der Waals surface area (Å²) in [6.07, 6.45) is -2.66. The second-order valence-corrected chi connectivity index (χ2v) is 8.37. The molecule has 0 saturated heterocycles. The number of hydrogen-bond donors (Lipinski definition) is 5. The van der Waals surface area contributed by atoms with Gasteiger partial charge in [0.2, 0.25) is 0 Å². The molecule has 0 radical (unpaired) electrons. The molecule has 1 amide bonds. The number of nitrogens with zero attached hydrogens (tertiary/aromatic N) is 4. The number of pyridine rings is 4. The standard InChI is InChI=1S/C14H14F2N4O2.C7H5F2NO2.C7H11N3O/c1-2-22-11-6-12(17)18-7-10(11)20-14(21)9-5-3-4-8(19-9)13(15)16;8-6(9)4-2-1-3-5(10-4)7(11)12;1-2-11-6-3-7(9)10-4-5(6)8/h3-7,13H,2H2,1H3,(H2,17,18)(H,20,21);1-3,6H,(H,11,12);3-4H,2,8H2,1H3,(H2,9,10). The van der Waals surface area contributed by atoms with Crippen LogP contribution in [0.5, 0.6) is 11.5 Å². The van der Waals surface area contributed by atoms with Crippen LogP contribution in [0.3, 0.4) is 0 Å². The monoisotopic (exact) mass is 634 g/mol. The van der Waals surface area contributed by atoms with E-state index in [4.69, 9.17) is 31.8 Å². The van der Waals surface area contributed by atoms with Gasteiger partial charge in [0.25, 0.3) is 18.8 Å². The minimum absolute atomic E-state index is 0.128. The van der Waals surface area contributed by atoms with Gasteiger partial charge in [-0.25, -0.2) is 42.3 Å². The molecule has 4 aromatic rings. The highest BCUT2D eigenvalue weighted by Crippen LogP contribution is 2.26. The minimum atomic E-state index is -2.75. The number of hydrogen-bond acceptors (Lipinski definition) is 11. The number of carbonyl (C=O) groups is 2. The largest absolute Gasteiger partial charge is 0.492 e. The molecular weight excluding hydrogens is 604 g/mol. The molecule has 17 heteroatoms. The fourth-order valence-electron chi connectivity index (χ4n) is 3.14. The van der Waals surface area contributed by atoms with Crippen LogP contribution in [0.1, 0.15) is 59.1 Å². The van der Waals surface area contributed by atoms with Crippen LogP contribution in [0.25, 0.3) is 0 Å². The second-order valence-electron chi connectivity index (χ2n) is 8.37. The molecule has 0 aliphatic rings. The lowest BCUT2D eigenvalue weighted by molar-refractivity contribution is 0.0688. The Kier molecular flexibility index (Phi) is 13.7. The zero-order valence-electron chi connectivity index (χ0n) is 24.0. The molecule has 13 nitrogen and oxygen atoms in total. The van der Waals surface area contributed by atoms with Crippen LogP contribution in [-0.4, -0.2) is 50.1 Å². The highest BCUT2D eigenvalue weighted by Gasteiger charge is 2.16. The number of nitrogen functional groups attached to an aromatic ring is 3. The Morgan fingerprint density at radius 2 is 1.29 bits per heavy atom. The smallest absolute Gasteiger partial charge is 0.354 e. The summed E-state index contributed by atoms with van der Waals surface area (Å²) in [5.74, 6) is -0.359. The van der Waals surface area contributed by atoms with E-state index >= 15 is 0 Å². The zero-order chi connectivity index (χ0) is 33.5. The zero-order valence-corrected chi connectivity index (χ0v) is 24.0. The summed E-state index contributed by atoms with van der Waals surface area (Å²) in [7, 11) is 0. The van der Waals surface area contributed by atoms with Crippen LogP contribution < -0.4 is 32.0 Å². The van der Waals surface area contributed by atoms with Crippen molar-refractivity contribution in [1.82, 2.24) is 19.9 Å². The van der Waals surface area contributed by atoms with Crippen LogP contribution in [0.4, 0.5) is 40.6 Å². The van der Waals surface area contributed by atoms with E-state index in [1.165, 1.54) is 36.7 Å². The van der Waals surface area contributed by atoms with Crippen molar-refractivity contribution in [3.8, 4) is 11.5 Å². The van der Waals surface area contributed by atoms with E-state index in [0.29, 0.717) is 36.2 Å². The van der Waals surface area contributed by atoms with Crippen molar-refractivity contribution < 1.29 is 41.7 Å². The first-order valence-corrected chi connectivity index (χ1v) is 12.9. The fraction of sp³-hybridized carbons (Fsp3) is 0.214. The first kappa shape index (κ1) is 35.5. The molecule has 0 aliphatic heterocycles. The lowest BCUT2D eigenvalue weighted by Gasteiger charge is -2.11. The molecule has 0 fully saturated rings. The molecule has 0 atom stereocenters. The lowest BCUT2D eigenvalue weighted by Crippen LogP contribution is -2.15. The summed E-state index contributed by atoms with van der Waals surface area (Å²) in [4.78, 5) is 36.9. The summed E-state index contributed by atoms with van der Waals surface area (Å²) >= 11 is 0. The van der Waals surface area contributed by atoms with Gasteiger partial charge in [0.1, 0.15) is 51.6 Å².